The molecule has 5 heteroatoms. The van der Waals surface area contributed by atoms with Crippen molar-refractivity contribution in [3.05, 3.63) is 53.3 Å². The van der Waals surface area contributed by atoms with E-state index >= 15 is 0 Å². The average Bonchev–Trinajstić information content (AvgIpc) is 2.41. The molecule has 0 aromatic heterocycles. The van der Waals surface area contributed by atoms with Crippen LogP contribution in [-0.4, -0.2) is 11.2 Å². The predicted octanol–water partition coefficient (Wildman–Crippen LogP) is 4.28. The molecule has 2 aromatic carbocycles. The summed E-state index contributed by atoms with van der Waals surface area (Å²) in [5, 5.41) is 0. The third-order valence-corrected chi connectivity index (χ3v) is 3.80. The standard InChI is InChI=1S/C15H14FNOS2/c1-9-8-10(16)6-7-11(9)18-12-4-3-5-13(20-2)14(12)15(17)19/h3-8H,1-2H3,(H2,17,19). The van der Waals surface area contributed by atoms with E-state index in [9.17, 15) is 4.39 Å². The molecule has 2 aromatic rings. The van der Waals surface area contributed by atoms with Crippen molar-refractivity contribution in [1.82, 2.24) is 0 Å². The summed E-state index contributed by atoms with van der Waals surface area (Å²) < 4.78 is 19.0. The molecule has 0 atom stereocenters. The summed E-state index contributed by atoms with van der Waals surface area (Å²) in [5.41, 5.74) is 7.21. The highest BCUT2D eigenvalue weighted by Gasteiger charge is 2.13. The molecule has 0 bridgehead atoms. The molecular formula is C15H14FNOS2. The van der Waals surface area contributed by atoms with E-state index in [2.05, 4.69) is 0 Å². The molecule has 0 amide bonds. The minimum Gasteiger partial charge on any atom is -0.456 e. The first-order valence-electron chi connectivity index (χ1n) is 5.93. The molecule has 2 rings (SSSR count). The lowest BCUT2D eigenvalue weighted by Crippen LogP contribution is -2.12. The maximum atomic E-state index is 13.1. The van der Waals surface area contributed by atoms with Crippen molar-refractivity contribution in [3.8, 4) is 11.5 Å². The summed E-state index contributed by atoms with van der Waals surface area (Å²) in [6.45, 7) is 1.79. The third-order valence-electron chi connectivity index (χ3n) is 2.81. The van der Waals surface area contributed by atoms with Crippen molar-refractivity contribution < 1.29 is 9.13 Å². The Morgan fingerprint density at radius 1 is 1.25 bits per heavy atom. The molecule has 0 radical (unpaired) electrons. The molecule has 0 aliphatic rings. The van der Waals surface area contributed by atoms with E-state index in [-0.39, 0.29) is 10.8 Å². The summed E-state index contributed by atoms with van der Waals surface area (Å²) in [6, 6.07) is 10.00. The smallest absolute Gasteiger partial charge is 0.138 e. The van der Waals surface area contributed by atoms with Gasteiger partial charge in [-0.1, -0.05) is 18.3 Å². The number of nitrogens with two attached hydrogens (primary N) is 1. The monoisotopic (exact) mass is 307 g/mol. The minimum atomic E-state index is -0.290. The summed E-state index contributed by atoms with van der Waals surface area (Å²) >= 11 is 6.65. The van der Waals surface area contributed by atoms with Gasteiger partial charge in [-0.2, -0.15) is 0 Å². The number of aryl methyl sites for hydroxylation is 1. The third kappa shape index (κ3) is 3.11. The van der Waals surface area contributed by atoms with Crippen LogP contribution in [0.25, 0.3) is 0 Å². The number of hydrogen-bond acceptors (Lipinski definition) is 3. The Morgan fingerprint density at radius 3 is 2.60 bits per heavy atom. The largest absolute Gasteiger partial charge is 0.456 e. The molecular weight excluding hydrogens is 293 g/mol. The number of thiocarbonyl (C=S) groups is 1. The van der Waals surface area contributed by atoms with Gasteiger partial charge in [-0.15, -0.1) is 11.8 Å². The van der Waals surface area contributed by atoms with Gasteiger partial charge in [0.05, 0.1) is 5.56 Å². The first-order valence-corrected chi connectivity index (χ1v) is 7.57. The lowest BCUT2D eigenvalue weighted by Gasteiger charge is -2.14. The van der Waals surface area contributed by atoms with Crippen LogP contribution in [0.4, 0.5) is 4.39 Å². The van der Waals surface area contributed by atoms with Crippen LogP contribution in [0.1, 0.15) is 11.1 Å². The number of halogens is 1. The molecule has 0 saturated carbocycles. The van der Waals surface area contributed by atoms with Crippen LogP contribution >= 0.6 is 24.0 Å². The molecule has 0 aliphatic carbocycles. The van der Waals surface area contributed by atoms with E-state index in [4.69, 9.17) is 22.7 Å². The van der Waals surface area contributed by atoms with Crippen LogP contribution in [0.3, 0.4) is 0 Å². The summed E-state index contributed by atoms with van der Waals surface area (Å²) in [7, 11) is 0. The normalized spacial score (nSPS) is 10.3. The Hall–Kier alpha value is -1.59. The van der Waals surface area contributed by atoms with Gasteiger partial charge in [0, 0.05) is 4.90 Å². The highest BCUT2D eigenvalue weighted by molar-refractivity contribution is 7.98. The predicted molar refractivity (Wildman–Crippen MR) is 85.3 cm³/mol. The van der Waals surface area contributed by atoms with E-state index in [0.29, 0.717) is 22.6 Å². The Balaban J connectivity index is 2.45. The Morgan fingerprint density at radius 2 is 2.00 bits per heavy atom. The van der Waals surface area contributed by atoms with Gasteiger partial charge >= 0.3 is 0 Å². The Bertz CT molecular complexity index is 658. The van der Waals surface area contributed by atoms with Gasteiger partial charge in [0.25, 0.3) is 0 Å². The summed E-state index contributed by atoms with van der Waals surface area (Å²) in [4.78, 5) is 1.24. The maximum absolute atomic E-state index is 13.1. The lowest BCUT2D eigenvalue weighted by molar-refractivity contribution is 0.474. The van der Waals surface area contributed by atoms with E-state index in [1.807, 2.05) is 18.4 Å². The Kier molecular flexibility index (Phi) is 4.62. The SMILES string of the molecule is CSc1cccc(Oc2ccc(F)cc2C)c1C(N)=S. The van der Waals surface area contributed by atoms with E-state index in [0.717, 1.165) is 4.90 Å². The molecule has 0 saturated heterocycles. The zero-order valence-corrected chi connectivity index (χ0v) is 12.8. The lowest BCUT2D eigenvalue weighted by atomic mass is 10.2. The van der Waals surface area contributed by atoms with Crippen LogP contribution < -0.4 is 10.5 Å². The maximum Gasteiger partial charge on any atom is 0.138 e. The van der Waals surface area contributed by atoms with Gasteiger partial charge in [-0.05, 0) is 49.1 Å². The summed E-state index contributed by atoms with van der Waals surface area (Å²) in [5.74, 6) is 0.878. The topological polar surface area (TPSA) is 35.2 Å². The van der Waals surface area contributed by atoms with Gasteiger partial charge in [-0.3, -0.25) is 0 Å². The highest BCUT2D eigenvalue weighted by Crippen LogP contribution is 2.33. The van der Waals surface area contributed by atoms with E-state index in [1.54, 1.807) is 30.8 Å². The number of benzene rings is 2. The minimum absolute atomic E-state index is 0.282. The zero-order chi connectivity index (χ0) is 14.7. The van der Waals surface area contributed by atoms with Gasteiger partial charge in [-0.25, -0.2) is 4.39 Å². The molecule has 2 nitrogen and oxygen atoms in total. The van der Waals surface area contributed by atoms with E-state index < -0.39 is 0 Å². The fourth-order valence-corrected chi connectivity index (χ4v) is 2.76. The first kappa shape index (κ1) is 14.8. The fourth-order valence-electron chi connectivity index (χ4n) is 1.85. The van der Waals surface area contributed by atoms with Crippen LogP contribution in [0.2, 0.25) is 0 Å². The number of hydrogen-bond donors (Lipinski definition) is 1. The van der Waals surface area contributed by atoms with Crippen molar-refractivity contribution in [3.63, 3.8) is 0 Å². The number of ether oxygens (including phenoxy) is 1. The zero-order valence-electron chi connectivity index (χ0n) is 11.1. The van der Waals surface area contributed by atoms with Crippen molar-refractivity contribution >= 4 is 29.0 Å². The first-order chi connectivity index (χ1) is 9.52. The molecule has 0 spiro atoms. The van der Waals surface area contributed by atoms with Crippen molar-refractivity contribution in [2.75, 3.05) is 6.26 Å². The van der Waals surface area contributed by atoms with Gasteiger partial charge in [0.15, 0.2) is 0 Å². The van der Waals surface area contributed by atoms with Crippen LogP contribution in [0, 0.1) is 12.7 Å². The molecule has 0 unspecified atom stereocenters. The highest BCUT2D eigenvalue weighted by atomic mass is 32.2. The quantitative estimate of drug-likeness (QED) is 0.675. The average molecular weight is 307 g/mol. The fraction of sp³-hybridized carbons (Fsp3) is 0.133. The second-order valence-electron chi connectivity index (χ2n) is 4.21. The second kappa shape index (κ2) is 6.24. The molecule has 0 fully saturated rings. The molecule has 2 N–H and O–H groups in total. The van der Waals surface area contributed by atoms with Crippen LogP contribution in [-0.2, 0) is 0 Å². The van der Waals surface area contributed by atoms with Gasteiger partial charge in [0.1, 0.15) is 22.3 Å². The molecule has 0 aliphatic heterocycles. The molecule has 104 valence electrons. The second-order valence-corrected chi connectivity index (χ2v) is 5.50. The van der Waals surface area contributed by atoms with Crippen molar-refractivity contribution in [2.24, 2.45) is 5.73 Å². The van der Waals surface area contributed by atoms with Crippen molar-refractivity contribution in [1.29, 1.82) is 0 Å². The van der Waals surface area contributed by atoms with Crippen LogP contribution in [0.5, 0.6) is 11.5 Å². The van der Waals surface area contributed by atoms with Crippen LogP contribution in [0.15, 0.2) is 41.3 Å². The van der Waals surface area contributed by atoms with Crippen molar-refractivity contribution in [2.45, 2.75) is 11.8 Å². The number of rotatable bonds is 4. The number of thioether (sulfide) groups is 1. The van der Waals surface area contributed by atoms with Gasteiger partial charge < -0.3 is 10.5 Å². The molecule has 20 heavy (non-hydrogen) atoms. The molecule has 0 heterocycles. The Labute approximate surface area is 127 Å². The summed E-state index contributed by atoms with van der Waals surface area (Å²) in [6.07, 6.45) is 1.95. The van der Waals surface area contributed by atoms with Gasteiger partial charge in [0.2, 0.25) is 0 Å². The van der Waals surface area contributed by atoms with E-state index in [1.165, 1.54) is 12.1 Å².